The third-order valence-corrected chi connectivity index (χ3v) is 3.47. The number of nitrogens with zero attached hydrogens (tertiary/aromatic N) is 2. The molecule has 0 aliphatic rings. The number of hydrogen-bond acceptors (Lipinski definition) is 2. The Morgan fingerprint density at radius 1 is 1.30 bits per heavy atom. The van der Waals surface area contributed by atoms with Crippen LogP contribution >= 0.6 is 11.6 Å². The van der Waals surface area contributed by atoms with E-state index < -0.39 is 0 Å². The van der Waals surface area contributed by atoms with E-state index in [4.69, 9.17) is 11.6 Å². The molecule has 1 aromatic carbocycles. The molecule has 2 rings (SSSR count). The van der Waals surface area contributed by atoms with Gasteiger partial charge in [-0.1, -0.05) is 30.7 Å². The summed E-state index contributed by atoms with van der Waals surface area (Å²) >= 11 is 6.06. The Balaban J connectivity index is 1.98. The average molecular weight is 292 g/mol. The molecule has 0 unspecified atom stereocenters. The monoisotopic (exact) mass is 291 g/mol. The first-order valence-electron chi connectivity index (χ1n) is 6.73. The van der Waals surface area contributed by atoms with Crippen LogP contribution in [-0.4, -0.2) is 15.7 Å². The summed E-state index contributed by atoms with van der Waals surface area (Å²) in [6.45, 7) is 5.16. The van der Waals surface area contributed by atoms with E-state index >= 15 is 0 Å². The Morgan fingerprint density at radius 3 is 2.55 bits per heavy atom. The van der Waals surface area contributed by atoms with Crippen molar-refractivity contribution in [2.45, 2.75) is 33.4 Å². The topological polar surface area (TPSA) is 46.9 Å². The molecule has 1 aromatic heterocycles. The van der Waals surface area contributed by atoms with Gasteiger partial charge in [0.05, 0.1) is 11.6 Å². The third-order valence-electron chi connectivity index (χ3n) is 3.15. The standard InChI is InChI=1S/C15H18ClN3O/c1-3-11-5-7-12(8-6-11)15(20)17-9-14-13(16)10-19(4-2)18-14/h5-8,10H,3-4,9H2,1-2H3,(H,17,20). The van der Waals surface area contributed by atoms with E-state index in [0.29, 0.717) is 22.8 Å². The number of benzene rings is 1. The maximum absolute atomic E-state index is 12.0. The number of rotatable bonds is 5. The molecular weight excluding hydrogens is 274 g/mol. The molecule has 0 radical (unpaired) electrons. The maximum atomic E-state index is 12.0. The second-order valence-corrected chi connectivity index (χ2v) is 4.92. The summed E-state index contributed by atoms with van der Waals surface area (Å²) in [6, 6.07) is 7.60. The molecule has 1 amide bonds. The van der Waals surface area contributed by atoms with E-state index in [1.165, 1.54) is 5.56 Å². The van der Waals surface area contributed by atoms with Crippen LogP contribution in [0.3, 0.4) is 0 Å². The first-order valence-corrected chi connectivity index (χ1v) is 7.10. The van der Waals surface area contributed by atoms with Gasteiger partial charge in [-0.25, -0.2) is 0 Å². The molecule has 20 heavy (non-hydrogen) atoms. The highest BCUT2D eigenvalue weighted by Crippen LogP contribution is 2.13. The number of carbonyl (C=O) groups excluding carboxylic acids is 1. The zero-order valence-electron chi connectivity index (χ0n) is 11.7. The molecule has 1 heterocycles. The summed E-state index contributed by atoms with van der Waals surface area (Å²) in [7, 11) is 0. The minimum absolute atomic E-state index is 0.116. The number of nitrogens with one attached hydrogen (secondary N) is 1. The molecule has 106 valence electrons. The molecular formula is C15H18ClN3O. The van der Waals surface area contributed by atoms with E-state index in [9.17, 15) is 4.79 Å². The number of hydrogen-bond donors (Lipinski definition) is 1. The number of aromatic nitrogens is 2. The van der Waals surface area contributed by atoms with E-state index in [-0.39, 0.29) is 5.91 Å². The zero-order chi connectivity index (χ0) is 14.5. The van der Waals surface area contributed by atoms with Crippen LogP contribution in [0.4, 0.5) is 0 Å². The average Bonchev–Trinajstić information content (AvgIpc) is 2.85. The van der Waals surface area contributed by atoms with E-state index in [1.54, 1.807) is 10.9 Å². The van der Waals surface area contributed by atoms with Crippen LogP contribution < -0.4 is 5.32 Å². The first-order chi connectivity index (χ1) is 9.63. The van der Waals surface area contributed by atoms with Crippen molar-refractivity contribution < 1.29 is 4.79 Å². The second kappa shape index (κ2) is 6.57. The number of amides is 1. The van der Waals surface area contributed by atoms with Crippen molar-refractivity contribution in [3.05, 3.63) is 52.3 Å². The summed E-state index contributed by atoms with van der Waals surface area (Å²) in [4.78, 5) is 12.0. The fourth-order valence-corrected chi connectivity index (χ4v) is 2.09. The van der Waals surface area contributed by atoms with Gasteiger partial charge in [-0.3, -0.25) is 9.48 Å². The molecule has 0 bridgehead atoms. The van der Waals surface area contributed by atoms with E-state index in [0.717, 1.165) is 13.0 Å². The van der Waals surface area contributed by atoms with Crippen molar-refractivity contribution in [2.75, 3.05) is 0 Å². The van der Waals surface area contributed by atoms with Gasteiger partial charge in [0.2, 0.25) is 0 Å². The number of aryl methyl sites for hydroxylation is 2. The van der Waals surface area contributed by atoms with Gasteiger partial charge in [0.15, 0.2) is 0 Å². The van der Waals surface area contributed by atoms with Crippen LogP contribution in [0.25, 0.3) is 0 Å². The minimum atomic E-state index is -0.116. The van der Waals surface area contributed by atoms with Crippen LogP contribution in [0.15, 0.2) is 30.5 Å². The highest BCUT2D eigenvalue weighted by atomic mass is 35.5. The Kier molecular flexibility index (Phi) is 4.79. The lowest BCUT2D eigenvalue weighted by Crippen LogP contribution is -2.23. The Morgan fingerprint density at radius 2 is 2.00 bits per heavy atom. The smallest absolute Gasteiger partial charge is 0.251 e. The van der Waals surface area contributed by atoms with Crippen molar-refractivity contribution in [3.63, 3.8) is 0 Å². The van der Waals surface area contributed by atoms with Gasteiger partial charge in [0.1, 0.15) is 5.69 Å². The SMILES string of the molecule is CCc1ccc(C(=O)NCc2nn(CC)cc2Cl)cc1. The summed E-state index contributed by atoms with van der Waals surface area (Å²) in [5, 5.41) is 7.70. The van der Waals surface area contributed by atoms with E-state index in [1.807, 2.05) is 31.2 Å². The number of halogens is 1. The molecule has 2 aromatic rings. The predicted molar refractivity (Wildman–Crippen MR) is 79.9 cm³/mol. The van der Waals surface area contributed by atoms with Crippen LogP contribution in [0.2, 0.25) is 5.02 Å². The van der Waals surface area contributed by atoms with Crippen molar-refractivity contribution in [1.82, 2.24) is 15.1 Å². The Bertz CT molecular complexity index is 590. The minimum Gasteiger partial charge on any atom is -0.346 e. The van der Waals surface area contributed by atoms with Crippen molar-refractivity contribution in [2.24, 2.45) is 0 Å². The van der Waals surface area contributed by atoms with Gasteiger partial charge >= 0.3 is 0 Å². The third kappa shape index (κ3) is 3.39. The highest BCUT2D eigenvalue weighted by molar-refractivity contribution is 6.31. The first kappa shape index (κ1) is 14.6. The lowest BCUT2D eigenvalue weighted by molar-refractivity contribution is 0.0950. The normalized spacial score (nSPS) is 10.6. The Hall–Kier alpha value is -1.81. The summed E-state index contributed by atoms with van der Waals surface area (Å²) in [5.74, 6) is -0.116. The molecule has 1 N–H and O–H groups in total. The lowest BCUT2D eigenvalue weighted by atomic mass is 10.1. The lowest BCUT2D eigenvalue weighted by Gasteiger charge is -2.04. The molecule has 0 aliphatic heterocycles. The van der Waals surface area contributed by atoms with Crippen LogP contribution in [0, 0.1) is 0 Å². The predicted octanol–water partition coefficient (Wildman–Crippen LogP) is 3.05. The van der Waals surface area contributed by atoms with Gasteiger partial charge in [0.25, 0.3) is 5.91 Å². The quantitative estimate of drug-likeness (QED) is 0.920. The highest BCUT2D eigenvalue weighted by Gasteiger charge is 2.09. The van der Waals surface area contributed by atoms with Gasteiger partial charge in [-0.15, -0.1) is 0 Å². The second-order valence-electron chi connectivity index (χ2n) is 4.51. The molecule has 0 saturated carbocycles. The molecule has 0 atom stereocenters. The fraction of sp³-hybridized carbons (Fsp3) is 0.333. The van der Waals surface area contributed by atoms with Crippen molar-refractivity contribution in [3.8, 4) is 0 Å². The molecule has 0 spiro atoms. The molecule has 0 fully saturated rings. The van der Waals surface area contributed by atoms with Gasteiger partial charge in [0, 0.05) is 18.3 Å². The van der Waals surface area contributed by atoms with Crippen LogP contribution in [-0.2, 0) is 19.5 Å². The summed E-state index contributed by atoms with van der Waals surface area (Å²) in [6.07, 6.45) is 2.73. The molecule has 0 aliphatic carbocycles. The Labute approximate surface area is 123 Å². The van der Waals surface area contributed by atoms with Crippen molar-refractivity contribution >= 4 is 17.5 Å². The summed E-state index contributed by atoms with van der Waals surface area (Å²) < 4.78 is 1.75. The number of carbonyl (C=O) groups is 1. The maximum Gasteiger partial charge on any atom is 0.251 e. The molecule has 5 heteroatoms. The van der Waals surface area contributed by atoms with Crippen molar-refractivity contribution in [1.29, 1.82) is 0 Å². The summed E-state index contributed by atoms with van der Waals surface area (Å²) in [5.41, 5.74) is 2.55. The van der Waals surface area contributed by atoms with E-state index in [2.05, 4.69) is 17.3 Å². The van der Waals surface area contributed by atoms with Crippen LogP contribution in [0.1, 0.15) is 35.5 Å². The molecule has 4 nitrogen and oxygen atoms in total. The largest absolute Gasteiger partial charge is 0.346 e. The fourth-order valence-electron chi connectivity index (χ4n) is 1.88. The van der Waals surface area contributed by atoms with Crippen LogP contribution in [0.5, 0.6) is 0 Å². The van der Waals surface area contributed by atoms with Gasteiger partial charge in [-0.2, -0.15) is 5.10 Å². The molecule has 0 saturated heterocycles. The van der Waals surface area contributed by atoms with Gasteiger partial charge in [-0.05, 0) is 31.0 Å². The van der Waals surface area contributed by atoms with Gasteiger partial charge < -0.3 is 5.32 Å². The zero-order valence-corrected chi connectivity index (χ0v) is 12.4.